The number of benzene rings is 3. The van der Waals surface area contributed by atoms with Crippen molar-refractivity contribution in [2.45, 2.75) is 23.9 Å². The van der Waals surface area contributed by atoms with Crippen LogP contribution in [0.4, 0.5) is 4.39 Å². The van der Waals surface area contributed by atoms with Crippen molar-refractivity contribution >= 4 is 17.5 Å². The van der Waals surface area contributed by atoms with E-state index in [0.717, 1.165) is 16.7 Å². The second-order valence-electron chi connectivity index (χ2n) is 6.90. The predicted molar refractivity (Wildman–Crippen MR) is 117 cm³/mol. The Balaban J connectivity index is 1.75. The maximum absolute atomic E-state index is 13.4. The summed E-state index contributed by atoms with van der Waals surface area (Å²) in [5.74, 6) is 0.378. The van der Waals surface area contributed by atoms with E-state index in [1.54, 1.807) is 19.1 Å². The molecule has 4 nitrogen and oxygen atoms in total. The standard InChI is InChI=1S/C24H20FN3OS/c1-17(29)22(19-10-6-3-7-11-19)30-24-27-26-23(20-12-14-21(25)15-13-20)28(24)16-18-8-4-2-5-9-18/h2-15,22H,16H2,1H3/t22-/m1/s1. The highest BCUT2D eigenvalue weighted by Gasteiger charge is 2.23. The molecule has 1 atom stereocenters. The molecule has 0 spiro atoms. The molecule has 30 heavy (non-hydrogen) atoms. The Labute approximate surface area is 178 Å². The zero-order valence-electron chi connectivity index (χ0n) is 16.4. The number of carbonyl (C=O) groups excluding carboxylic acids is 1. The molecule has 150 valence electrons. The van der Waals surface area contributed by atoms with Gasteiger partial charge >= 0.3 is 0 Å². The lowest BCUT2D eigenvalue weighted by molar-refractivity contribution is -0.116. The first kappa shape index (κ1) is 20.0. The molecule has 0 radical (unpaired) electrons. The van der Waals surface area contributed by atoms with Crippen LogP contribution >= 0.6 is 11.8 Å². The third kappa shape index (κ3) is 4.49. The molecule has 0 aliphatic carbocycles. The molecule has 4 aromatic rings. The molecule has 3 aromatic carbocycles. The van der Waals surface area contributed by atoms with Crippen LogP contribution in [0.5, 0.6) is 0 Å². The van der Waals surface area contributed by atoms with Gasteiger partial charge in [-0.2, -0.15) is 0 Å². The summed E-state index contributed by atoms with van der Waals surface area (Å²) in [6, 6.07) is 25.8. The average Bonchev–Trinajstić information content (AvgIpc) is 3.16. The van der Waals surface area contributed by atoms with Crippen molar-refractivity contribution in [1.29, 1.82) is 0 Å². The molecule has 1 heterocycles. The lowest BCUT2D eigenvalue weighted by atomic mass is 10.1. The first-order valence-corrected chi connectivity index (χ1v) is 10.4. The molecule has 6 heteroatoms. The molecular formula is C24H20FN3OS. The highest BCUT2D eigenvalue weighted by Crippen LogP contribution is 2.36. The third-order valence-corrected chi connectivity index (χ3v) is 6.05. The molecule has 0 aliphatic heterocycles. The molecule has 0 bridgehead atoms. The van der Waals surface area contributed by atoms with Gasteiger partial charge in [0.25, 0.3) is 0 Å². The van der Waals surface area contributed by atoms with E-state index >= 15 is 0 Å². The summed E-state index contributed by atoms with van der Waals surface area (Å²) in [7, 11) is 0. The minimum Gasteiger partial charge on any atom is -0.298 e. The van der Waals surface area contributed by atoms with Crippen LogP contribution in [-0.4, -0.2) is 20.5 Å². The number of rotatable bonds is 7. The lowest BCUT2D eigenvalue weighted by Gasteiger charge is -2.15. The zero-order chi connectivity index (χ0) is 20.9. The Bertz CT molecular complexity index is 1130. The topological polar surface area (TPSA) is 47.8 Å². The predicted octanol–water partition coefficient (Wildman–Crippen LogP) is 5.55. The SMILES string of the molecule is CC(=O)[C@@H](Sc1nnc(-c2ccc(F)cc2)n1Cc1ccccc1)c1ccccc1. The summed E-state index contributed by atoms with van der Waals surface area (Å²) in [6.07, 6.45) is 0. The molecule has 0 saturated carbocycles. The lowest BCUT2D eigenvalue weighted by Crippen LogP contribution is -2.09. The molecule has 0 fully saturated rings. The van der Waals surface area contributed by atoms with Gasteiger partial charge < -0.3 is 0 Å². The Kier molecular flexibility index (Phi) is 6.05. The molecule has 0 amide bonds. The maximum Gasteiger partial charge on any atom is 0.192 e. The molecule has 0 saturated heterocycles. The van der Waals surface area contributed by atoms with E-state index in [1.807, 2.05) is 65.2 Å². The second kappa shape index (κ2) is 9.05. The van der Waals surface area contributed by atoms with E-state index in [1.165, 1.54) is 23.9 Å². The fraction of sp³-hybridized carbons (Fsp3) is 0.125. The summed E-state index contributed by atoms with van der Waals surface area (Å²) in [5.41, 5.74) is 2.78. The normalized spacial score (nSPS) is 11.9. The van der Waals surface area contributed by atoms with Crippen molar-refractivity contribution in [3.63, 3.8) is 0 Å². The fourth-order valence-electron chi connectivity index (χ4n) is 3.22. The summed E-state index contributed by atoms with van der Waals surface area (Å²) in [4.78, 5) is 12.4. The number of aromatic nitrogens is 3. The monoisotopic (exact) mass is 417 g/mol. The molecule has 0 aliphatic rings. The van der Waals surface area contributed by atoms with Crippen molar-refractivity contribution in [2.24, 2.45) is 0 Å². The van der Waals surface area contributed by atoms with Crippen LogP contribution in [0.2, 0.25) is 0 Å². The van der Waals surface area contributed by atoms with Crippen LogP contribution in [0.25, 0.3) is 11.4 Å². The van der Waals surface area contributed by atoms with Gasteiger partial charge in [0.05, 0.1) is 11.8 Å². The van der Waals surface area contributed by atoms with Gasteiger partial charge in [0.2, 0.25) is 0 Å². The zero-order valence-corrected chi connectivity index (χ0v) is 17.2. The Morgan fingerprint density at radius 1 is 0.933 bits per heavy atom. The maximum atomic E-state index is 13.4. The molecule has 4 rings (SSSR count). The van der Waals surface area contributed by atoms with Gasteiger partial charge in [-0.25, -0.2) is 4.39 Å². The van der Waals surface area contributed by atoms with Crippen molar-refractivity contribution in [1.82, 2.24) is 14.8 Å². The average molecular weight is 418 g/mol. The van der Waals surface area contributed by atoms with Gasteiger partial charge in [-0.05, 0) is 42.3 Å². The van der Waals surface area contributed by atoms with Gasteiger partial charge in [0, 0.05) is 5.56 Å². The summed E-state index contributed by atoms with van der Waals surface area (Å²) in [5, 5.41) is 9.02. The van der Waals surface area contributed by atoms with Crippen LogP contribution < -0.4 is 0 Å². The smallest absolute Gasteiger partial charge is 0.192 e. The molecule has 1 aromatic heterocycles. The number of ketones is 1. The Morgan fingerprint density at radius 3 is 2.20 bits per heavy atom. The van der Waals surface area contributed by atoms with Crippen molar-refractivity contribution in [3.05, 3.63) is 102 Å². The van der Waals surface area contributed by atoms with E-state index in [4.69, 9.17) is 0 Å². The minimum atomic E-state index is -0.383. The Morgan fingerprint density at radius 2 is 1.57 bits per heavy atom. The van der Waals surface area contributed by atoms with E-state index in [-0.39, 0.29) is 16.9 Å². The number of nitrogens with zero attached hydrogens (tertiary/aromatic N) is 3. The van der Waals surface area contributed by atoms with Gasteiger partial charge in [-0.1, -0.05) is 72.4 Å². The first-order chi connectivity index (χ1) is 14.6. The van der Waals surface area contributed by atoms with Crippen molar-refractivity contribution in [3.8, 4) is 11.4 Å². The van der Waals surface area contributed by atoms with Crippen LogP contribution in [-0.2, 0) is 11.3 Å². The molecule has 0 N–H and O–H groups in total. The fourth-order valence-corrected chi connectivity index (χ4v) is 4.25. The van der Waals surface area contributed by atoms with Gasteiger partial charge in [-0.15, -0.1) is 10.2 Å². The number of thioether (sulfide) groups is 1. The van der Waals surface area contributed by atoms with Crippen LogP contribution in [0, 0.1) is 5.82 Å². The van der Waals surface area contributed by atoms with Crippen molar-refractivity contribution < 1.29 is 9.18 Å². The number of halogens is 1. The number of Topliss-reactive ketones (excluding diaryl/α,β-unsaturated/α-hetero) is 1. The number of hydrogen-bond donors (Lipinski definition) is 0. The number of hydrogen-bond acceptors (Lipinski definition) is 4. The highest BCUT2D eigenvalue weighted by atomic mass is 32.2. The first-order valence-electron chi connectivity index (χ1n) is 9.57. The second-order valence-corrected chi connectivity index (χ2v) is 7.98. The van der Waals surface area contributed by atoms with E-state index in [2.05, 4.69) is 10.2 Å². The quantitative estimate of drug-likeness (QED) is 0.370. The third-order valence-electron chi connectivity index (χ3n) is 4.70. The summed E-state index contributed by atoms with van der Waals surface area (Å²) < 4.78 is 15.4. The summed E-state index contributed by atoms with van der Waals surface area (Å²) >= 11 is 1.38. The van der Waals surface area contributed by atoms with Crippen LogP contribution in [0.3, 0.4) is 0 Å². The van der Waals surface area contributed by atoms with Gasteiger partial charge in [0.15, 0.2) is 11.0 Å². The van der Waals surface area contributed by atoms with Crippen LogP contribution in [0.1, 0.15) is 23.3 Å². The minimum absolute atomic E-state index is 0.0452. The Hall–Kier alpha value is -3.25. The van der Waals surface area contributed by atoms with E-state index < -0.39 is 0 Å². The number of carbonyl (C=O) groups is 1. The summed E-state index contributed by atoms with van der Waals surface area (Å²) in [6.45, 7) is 2.13. The van der Waals surface area contributed by atoms with Gasteiger partial charge in [-0.3, -0.25) is 9.36 Å². The van der Waals surface area contributed by atoms with E-state index in [9.17, 15) is 9.18 Å². The van der Waals surface area contributed by atoms with Crippen molar-refractivity contribution in [2.75, 3.05) is 0 Å². The molecule has 0 unspecified atom stereocenters. The highest BCUT2D eigenvalue weighted by molar-refractivity contribution is 8.00. The van der Waals surface area contributed by atoms with Crippen LogP contribution in [0.15, 0.2) is 90.1 Å². The van der Waals surface area contributed by atoms with Gasteiger partial charge in [0.1, 0.15) is 11.6 Å². The largest absolute Gasteiger partial charge is 0.298 e. The van der Waals surface area contributed by atoms with E-state index in [0.29, 0.717) is 17.5 Å². The molecular weight excluding hydrogens is 397 g/mol.